The topological polar surface area (TPSA) is 80.3 Å². The summed E-state index contributed by atoms with van der Waals surface area (Å²) in [7, 11) is 1.64. The van der Waals surface area contributed by atoms with Gasteiger partial charge < -0.3 is 24.4 Å². The maximum atomic E-state index is 12.5. The third-order valence-electron chi connectivity index (χ3n) is 4.77. The van der Waals surface area contributed by atoms with E-state index in [9.17, 15) is 9.59 Å². The van der Waals surface area contributed by atoms with Crippen molar-refractivity contribution in [3.63, 3.8) is 0 Å². The second-order valence-electron chi connectivity index (χ2n) is 6.87. The summed E-state index contributed by atoms with van der Waals surface area (Å²) in [5.41, 5.74) is 0.774. The number of rotatable bonds is 8. The van der Waals surface area contributed by atoms with Gasteiger partial charge in [0.2, 0.25) is 18.6 Å². The van der Waals surface area contributed by atoms with Crippen LogP contribution in [0.4, 0.5) is 0 Å². The molecule has 0 aromatic heterocycles. The number of fused-ring (bicyclic) bond motifs is 1. The SMILES string of the molecule is COCCCNC(=O)CN1CCN(C(=O)/C=C/c2cc(Cl)c3c(c2)OCO3)CC1. The van der Waals surface area contributed by atoms with Crippen LogP contribution in [0.5, 0.6) is 11.5 Å². The summed E-state index contributed by atoms with van der Waals surface area (Å²) in [6, 6.07) is 3.53. The van der Waals surface area contributed by atoms with Gasteiger partial charge in [0.25, 0.3) is 0 Å². The summed E-state index contributed by atoms with van der Waals surface area (Å²) in [6.07, 6.45) is 4.05. The molecule has 2 amide bonds. The largest absolute Gasteiger partial charge is 0.454 e. The fourth-order valence-electron chi connectivity index (χ4n) is 3.19. The fraction of sp³-hybridized carbons (Fsp3) is 0.500. The van der Waals surface area contributed by atoms with E-state index in [2.05, 4.69) is 10.2 Å². The van der Waals surface area contributed by atoms with Crippen molar-refractivity contribution in [1.29, 1.82) is 0 Å². The molecule has 1 aromatic rings. The molecule has 2 heterocycles. The van der Waals surface area contributed by atoms with Crippen LogP contribution in [-0.2, 0) is 14.3 Å². The number of halogens is 1. The molecule has 0 radical (unpaired) electrons. The summed E-state index contributed by atoms with van der Waals surface area (Å²) >= 11 is 6.17. The van der Waals surface area contributed by atoms with Crippen molar-refractivity contribution in [1.82, 2.24) is 15.1 Å². The molecule has 0 saturated carbocycles. The molecule has 9 heteroatoms. The lowest BCUT2D eigenvalue weighted by molar-refractivity contribution is -0.128. The van der Waals surface area contributed by atoms with Crippen LogP contribution in [0.3, 0.4) is 0 Å². The molecular formula is C20H26ClN3O5. The van der Waals surface area contributed by atoms with Gasteiger partial charge >= 0.3 is 0 Å². The number of piperazine rings is 1. The van der Waals surface area contributed by atoms with E-state index in [0.29, 0.717) is 62.4 Å². The number of carbonyl (C=O) groups excluding carboxylic acids is 2. The van der Waals surface area contributed by atoms with Gasteiger partial charge in [0.15, 0.2) is 11.5 Å². The van der Waals surface area contributed by atoms with Crippen LogP contribution in [0, 0.1) is 0 Å². The van der Waals surface area contributed by atoms with Gasteiger partial charge in [0, 0.05) is 52.5 Å². The minimum atomic E-state index is -0.0672. The zero-order chi connectivity index (χ0) is 20.6. The summed E-state index contributed by atoms with van der Waals surface area (Å²) in [5.74, 6) is 1.05. The van der Waals surface area contributed by atoms with Crippen molar-refractivity contribution in [3.8, 4) is 11.5 Å². The lowest BCUT2D eigenvalue weighted by atomic mass is 10.2. The number of benzene rings is 1. The number of nitrogens with zero attached hydrogens (tertiary/aromatic N) is 2. The maximum absolute atomic E-state index is 12.5. The van der Waals surface area contributed by atoms with Crippen LogP contribution >= 0.6 is 11.6 Å². The quantitative estimate of drug-likeness (QED) is 0.502. The third kappa shape index (κ3) is 6.09. The van der Waals surface area contributed by atoms with E-state index < -0.39 is 0 Å². The highest BCUT2D eigenvalue weighted by Crippen LogP contribution is 2.40. The molecule has 1 saturated heterocycles. The molecule has 3 rings (SSSR count). The summed E-state index contributed by atoms with van der Waals surface area (Å²) in [5, 5.41) is 3.34. The molecule has 29 heavy (non-hydrogen) atoms. The second-order valence-corrected chi connectivity index (χ2v) is 7.27. The number of nitrogens with one attached hydrogen (secondary N) is 1. The van der Waals surface area contributed by atoms with Crippen molar-refractivity contribution in [2.24, 2.45) is 0 Å². The van der Waals surface area contributed by atoms with E-state index in [1.807, 2.05) is 0 Å². The molecule has 0 spiro atoms. The van der Waals surface area contributed by atoms with Gasteiger partial charge in [-0.25, -0.2) is 0 Å². The summed E-state index contributed by atoms with van der Waals surface area (Å²) < 4.78 is 15.6. The Morgan fingerprint density at radius 2 is 2.03 bits per heavy atom. The number of carbonyl (C=O) groups is 2. The number of hydrogen-bond acceptors (Lipinski definition) is 6. The van der Waals surface area contributed by atoms with Gasteiger partial charge in [-0.15, -0.1) is 0 Å². The Hall–Kier alpha value is -2.29. The molecule has 0 unspecified atom stereocenters. The molecule has 8 nitrogen and oxygen atoms in total. The molecule has 1 fully saturated rings. The third-order valence-corrected chi connectivity index (χ3v) is 5.05. The van der Waals surface area contributed by atoms with E-state index in [1.54, 1.807) is 30.2 Å². The van der Waals surface area contributed by atoms with E-state index in [4.69, 9.17) is 25.8 Å². The Labute approximate surface area is 175 Å². The first kappa shape index (κ1) is 21.4. The first-order chi connectivity index (χ1) is 14.1. The lowest BCUT2D eigenvalue weighted by Crippen LogP contribution is -2.50. The predicted octanol–water partition coefficient (Wildman–Crippen LogP) is 1.38. The molecule has 158 valence electrons. The van der Waals surface area contributed by atoms with Gasteiger partial charge in [-0.05, 0) is 30.2 Å². The highest BCUT2D eigenvalue weighted by molar-refractivity contribution is 6.32. The Morgan fingerprint density at radius 3 is 2.79 bits per heavy atom. The van der Waals surface area contributed by atoms with E-state index >= 15 is 0 Å². The average molecular weight is 424 g/mol. The Kier molecular flexibility index (Phi) is 7.74. The molecular weight excluding hydrogens is 398 g/mol. The minimum absolute atomic E-state index is 0.000428. The number of methoxy groups -OCH3 is 1. The van der Waals surface area contributed by atoms with Crippen LogP contribution in [0.15, 0.2) is 18.2 Å². The zero-order valence-corrected chi connectivity index (χ0v) is 17.2. The Bertz CT molecular complexity index is 763. The number of amides is 2. The average Bonchev–Trinajstić information content (AvgIpc) is 3.19. The molecule has 2 aliphatic rings. The van der Waals surface area contributed by atoms with Crippen molar-refractivity contribution in [2.75, 3.05) is 59.8 Å². The predicted molar refractivity (Wildman–Crippen MR) is 109 cm³/mol. The normalized spacial score (nSPS) is 16.4. The van der Waals surface area contributed by atoms with Crippen LogP contribution in [0.2, 0.25) is 5.02 Å². The van der Waals surface area contributed by atoms with Crippen molar-refractivity contribution >= 4 is 29.5 Å². The van der Waals surface area contributed by atoms with Crippen molar-refractivity contribution < 1.29 is 23.8 Å². The zero-order valence-electron chi connectivity index (χ0n) is 16.5. The first-order valence-corrected chi connectivity index (χ1v) is 9.98. The maximum Gasteiger partial charge on any atom is 0.246 e. The fourth-order valence-corrected chi connectivity index (χ4v) is 3.46. The Balaban J connectivity index is 1.43. The first-order valence-electron chi connectivity index (χ1n) is 9.61. The molecule has 2 aliphatic heterocycles. The van der Waals surface area contributed by atoms with E-state index in [1.165, 1.54) is 6.08 Å². The highest BCUT2D eigenvalue weighted by Gasteiger charge is 2.21. The van der Waals surface area contributed by atoms with Crippen LogP contribution < -0.4 is 14.8 Å². The standard InChI is InChI=1S/C20H26ClN3O5/c1-27-10-2-5-22-18(25)13-23-6-8-24(9-7-23)19(26)4-3-15-11-16(21)20-17(12-15)28-14-29-20/h3-4,11-12H,2,5-10,13-14H2,1H3,(H,22,25)/b4-3+. The Morgan fingerprint density at radius 1 is 1.24 bits per heavy atom. The highest BCUT2D eigenvalue weighted by atomic mass is 35.5. The molecule has 1 N–H and O–H groups in total. The number of ether oxygens (including phenoxy) is 3. The smallest absolute Gasteiger partial charge is 0.246 e. The second kappa shape index (κ2) is 10.5. The summed E-state index contributed by atoms with van der Waals surface area (Å²) in [6.45, 7) is 4.25. The van der Waals surface area contributed by atoms with Gasteiger partial charge in [0.05, 0.1) is 11.6 Å². The van der Waals surface area contributed by atoms with Crippen LogP contribution in [0.25, 0.3) is 6.08 Å². The van der Waals surface area contributed by atoms with E-state index in [0.717, 1.165) is 12.0 Å². The monoisotopic (exact) mass is 423 g/mol. The lowest BCUT2D eigenvalue weighted by Gasteiger charge is -2.33. The van der Waals surface area contributed by atoms with E-state index in [-0.39, 0.29) is 18.6 Å². The van der Waals surface area contributed by atoms with Crippen LogP contribution in [-0.4, -0.2) is 81.4 Å². The van der Waals surface area contributed by atoms with Crippen LogP contribution in [0.1, 0.15) is 12.0 Å². The van der Waals surface area contributed by atoms with Gasteiger partial charge in [-0.3, -0.25) is 14.5 Å². The molecule has 1 aromatic carbocycles. The van der Waals surface area contributed by atoms with Gasteiger partial charge in [-0.2, -0.15) is 0 Å². The minimum Gasteiger partial charge on any atom is -0.454 e. The summed E-state index contributed by atoms with van der Waals surface area (Å²) in [4.78, 5) is 28.2. The van der Waals surface area contributed by atoms with Gasteiger partial charge in [-0.1, -0.05) is 11.6 Å². The van der Waals surface area contributed by atoms with Crippen molar-refractivity contribution in [2.45, 2.75) is 6.42 Å². The molecule has 0 aliphatic carbocycles. The van der Waals surface area contributed by atoms with Gasteiger partial charge in [0.1, 0.15) is 0 Å². The van der Waals surface area contributed by atoms with Crippen molar-refractivity contribution in [3.05, 3.63) is 28.8 Å². The molecule has 0 atom stereocenters. The number of hydrogen-bond donors (Lipinski definition) is 1. The molecule has 0 bridgehead atoms.